The lowest BCUT2D eigenvalue weighted by Gasteiger charge is -2.38. The van der Waals surface area contributed by atoms with Gasteiger partial charge in [-0.2, -0.15) is 5.10 Å². The van der Waals surface area contributed by atoms with Crippen molar-refractivity contribution in [3.8, 4) is 11.5 Å². The number of nitrogens with one attached hydrogen (secondary N) is 1. The number of carbonyl (C=O) groups excluding carboxylic acids is 3. The van der Waals surface area contributed by atoms with Gasteiger partial charge in [-0.05, 0) is 48.0 Å². The van der Waals surface area contributed by atoms with Crippen molar-refractivity contribution in [2.75, 3.05) is 0 Å². The Kier molecular flexibility index (Phi) is 6.21. The van der Waals surface area contributed by atoms with Crippen LogP contribution in [0.1, 0.15) is 41.8 Å². The Balaban J connectivity index is 1.23. The molecule has 2 amide bonds. The fraction of sp³-hybridized carbons (Fsp3) is 0.185. The topological polar surface area (TPSA) is 97.3 Å². The van der Waals surface area contributed by atoms with Crippen LogP contribution in [-0.2, 0) is 9.59 Å². The Morgan fingerprint density at radius 2 is 1.89 bits per heavy atom. The third-order valence-electron chi connectivity index (χ3n) is 6.37. The number of rotatable bonds is 5. The number of carbonyl (C=O) groups is 3. The molecule has 186 valence electrons. The number of halogens is 1. The monoisotopic (exact) mass is 577 g/mol. The Labute approximate surface area is 225 Å². The minimum Gasteiger partial charge on any atom is -0.464 e. The molecule has 37 heavy (non-hydrogen) atoms. The van der Waals surface area contributed by atoms with Gasteiger partial charge in [0.2, 0.25) is 12.1 Å². The Bertz CT molecular complexity index is 1430. The summed E-state index contributed by atoms with van der Waals surface area (Å²) < 4.78 is 12.8. The minimum absolute atomic E-state index is 0.0109. The predicted molar refractivity (Wildman–Crippen MR) is 141 cm³/mol. The first kappa shape index (κ1) is 23.7. The van der Waals surface area contributed by atoms with Gasteiger partial charge in [0.15, 0.2) is 0 Å². The van der Waals surface area contributed by atoms with Gasteiger partial charge in [0.05, 0.1) is 18.2 Å². The summed E-state index contributed by atoms with van der Waals surface area (Å²) in [5.41, 5.74) is 3.99. The van der Waals surface area contributed by atoms with Crippen LogP contribution in [0.2, 0.25) is 0 Å². The van der Waals surface area contributed by atoms with Crippen LogP contribution in [0.15, 0.2) is 82.4 Å². The number of hydrogen-bond donors (Lipinski definition) is 1. The minimum atomic E-state index is -0.765. The molecule has 3 aliphatic heterocycles. The molecule has 3 aliphatic rings. The molecule has 3 atom stereocenters. The van der Waals surface area contributed by atoms with Crippen LogP contribution in [0.3, 0.4) is 0 Å². The number of esters is 1. The highest BCUT2D eigenvalue weighted by atomic mass is 79.9. The maximum Gasteiger partial charge on any atom is 0.312 e. The molecule has 3 aromatic carbocycles. The van der Waals surface area contributed by atoms with Gasteiger partial charge in [-0.15, -0.1) is 0 Å². The van der Waals surface area contributed by atoms with Crippen molar-refractivity contribution in [2.24, 2.45) is 5.10 Å². The summed E-state index contributed by atoms with van der Waals surface area (Å²) in [7, 11) is 0. The number of nitrogens with zero attached hydrogens (tertiary/aromatic N) is 2. The van der Waals surface area contributed by atoms with E-state index in [1.165, 1.54) is 0 Å². The molecule has 0 spiro atoms. The van der Waals surface area contributed by atoms with Crippen molar-refractivity contribution in [3.05, 3.63) is 94.0 Å². The Hall–Kier alpha value is -3.63. The van der Waals surface area contributed by atoms with Gasteiger partial charge in [-0.25, -0.2) is 5.01 Å². The maximum absolute atomic E-state index is 12.3. The van der Waals surface area contributed by atoms with Crippen molar-refractivity contribution >= 4 is 50.5 Å². The van der Waals surface area contributed by atoms with Crippen molar-refractivity contribution < 1.29 is 23.9 Å². The predicted octanol–water partition coefficient (Wildman–Crippen LogP) is 5.34. The number of imide groups is 1. The highest BCUT2D eigenvalue weighted by molar-refractivity contribution is 9.10. The van der Waals surface area contributed by atoms with E-state index in [0.717, 1.165) is 50.8 Å². The van der Waals surface area contributed by atoms with Gasteiger partial charge < -0.3 is 9.47 Å². The number of benzene rings is 3. The lowest BCUT2D eigenvalue weighted by molar-refractivity contribution is -0.135. The lowest BCUT2D eigenvalue weighted by atomic mass is 9.96. The number of ether oxygens (including phenoxy) is 2. The lowest BCUT2D eigenvalue weighted by Crippen LogP contribution is -2.33. The highest BCUT2D eigenvalue weighted by Crippen LogP contribution is 2.48. The van der Waals surface area contributed by atoms with Gasteiger partial charge in [-0.3, -0.25) is 19.7 Å². The Morgan fingerprint density at radius 3 is 2.62 bits per heavy atom. The summed E-state index contributed by atoms with van der Waals surface area (Å²) in [6.07, 6.45) is 0.0986. The van der Waals surface area contributed by atoms with Crippen LogP contribution < -0.4 is 14.8 Å². The maximum atomic E-state index is 12.3. The van der Waals surface area contributed by atoms with Gasteiger partial charge in [-0.1, -0.05) is 58.0 Å². The van der Waals surface area contributed by atoms with Gasteiger partial charge in [0.25, 0.3) is 5.24 Å². The summed E-state index contributed by atoms with van der Waals surface area (Å²) in [5.74, 6) is 0.0892. The number of fused-ring (bicyclic) bond motifs is 3. The molecule has 10 heteroatoms. The van der Waals surface area contributed by atoms with Crippen LogP contribution in [0.25, 0.3) is 0 Å². The largest absolute Gasteiger partial charge is 0.464 e. The zero-order chi connectivity index (χ0) is 25.5. The van der Waals surface area contributed by atoms with E-state index < -0.39 is 28.6 Å². The second-order valence-corrected chi connectivity index (χ2v) is 10.9. The van der Waals surface area contributed by atoms with E-state index in [4.69, 9.17) is 14.6 Å². The third-order valence-corrected chi connectivity index (χ3v) is 7.85. The van der Waals surface area contributed by atoms with Crippen LogP contribution in [0.4, 0.5) is 4.79 Å². The zero-order valence-electron chi connectivity index (χ0n) is 19.3. The fourth-order valence-electron chi connectivity index (χ4n) is 4.64. The van der Waals surface area contributed by atoms with E-state index >= 15 is 0 Å². The van der Waals surface area contributed by atoms with Crippen molar-refractivity contribution in [1.82, 2.24) is 10.3 Å². The average Bonchev–Trinajstić information content (AvgIpc) is 3.48. The summed E-state index contributed by atoms with van der Waals surface area (Å²) in [6.45, 7) is 0. The van der Waals surface area contributed by atoms with Gasteiger partial charge in [0.1, 0.15) is 16.7 Å². The summed E-state index contributed by atoms with van der Waals surface area (Å²) in [5, 5.41) is 7.91. The molecular formula is C27H20BrN3O5S. The molecule has 1 N–H and O–H groups in total. The number of amides is 2. The first-order chi connectivity index (χ1) is 17.9. The molecule has 0 bridgehead atoms. The number of hydrazone groups is 1. The first-order valence-corrected chi connectivity index (χ1v) is 13.3. The molecule has 3 unspecified atom stereocenters. The fourth-order valence-corrected chi connectivity index (χ4v) is 5.82. The molecule has 1 fully saturated rings. The number of hydrogen-bond acceptors (Lipinski definition) is 8. The van der Waals surface area contributed by atoms with Crippen molar-refractivity contribution in [3.63, 3.8) is 0 Å². The van der Waals surface area contributed by atoms with E-state index in [0.29, 0.717) is 5.75 Å². The molecule has 6 rings (SSSR count). The van der Waals surface area contributed by atoms with Gasteiger partial charge >= 0.3 is 5.97 Å². The van der Waals surface area contributed by atoms with E-state index in [9.17, 15) is 14.4 Å². The van der Waals surface area contributed by atoms with Crippen LogP contribution >= 0.6 is 27.7 Å². The Morgan fingerprint density at radius 1 is 1.11 bits per heavy atom. The molecule has 3 aromatic rings. The van der Waals surface area contributed by atoms with Crippen LogP contribution in [0, 0.1) is 0 Å². The first-order valence-electron chi connectivity index (χ1n) is 11.6. The second kappa shape index (κ2) is 9.68. The zero-order valence-corrected chi connectivity index (χ0v) is 21.7. The molecular weight excluding hydrogens is 558 g/mol. The third kappa shape index (κ3) is 4.74. The van der Waals surface area contributed by atoms with E-state index in [1.807, 2.05) is 47.5 Å². The summed E-state index contributed by atoms with van der Waals surface area (Å²) >= 11 is 4.37. The van der Waals surface area contributed by atoms with E-state index in [-0.39, 0.29) is 12.5 Å². The summed E-state index contributed by atoms with van der Waals surface area (Å²) in [6, 6.07) is 23.2. The second-order valence-electron chi connectivity index (χ2n) is 8.80. The standard InChI is InChI=1S/C27H20BrN3O5S/c28-17-8-11-22-19(12-17)21-13-20(15-4-2-1-3-5-15)30-31(21)26(36-22)16-6-9-18(10-7-16)35-24(32)14-23-25(33)29-27(34)37-23/h1-12,21,23,26H,13-14H2,(H,29,33,34). The molecule has 0 aromatic heterocycles. The highest BCUT2D eigenvalue weighted by Gasteiger charge is 2.41. The normalized spacial score (nSPS) is 22.0. The van der Waals surface area contributed by atoms with Crippen molar-refractivity contribution in [1.29, 1.82) is 0 Å². The van der Waals surface area contributed by atoms with Crippen LogP contribution in [-0.4, -0.2) is 33.1 Å². The number of thioether (sulfide) groups is 1. The van der Waals surface area contributed by atoms with Crippen LogP contribution in [0.5, 0.6) is 11.5 Å². The van der Waals surface area contributed by atoms with E-state index in [2.05, 4.69) is 39.4 Å². The molecule has 0 radical (unpaired) electrons. The summed E-state index contributed by atoms with van der Waals surface area (Å²) in [4.78, 5) is 35.3. The molecule has 8 nitrogen and oxygen atoms in total. The average molecular weight is 578 g/mol. The quantitative estimate of drug-likeness (QED) is 0.323. The van der Waals surface area contributed by atoms with Crippen molar-refractivity contribution in [2.45, 2.75) is 30.4 Å². The molecule has 0 aliphatic carbocycles. The smallest absolute Gasteiger partial charge is 0.312 e. The molecule has 3 heterocycles. The SMILES string of the molecule is O=C(CC1SC(=O)NC1=O)Oc1ccc(C2Oc3ccc(Br)cc3C3CC(c4ccccc4)=NN32)cc1. The molecule has 1 saturated heterocycles. The van der Waals surface area contributed by atoms with Gasteiger partial charge in [0, 0.05) is 22.0 Å². The van der Waals surface area contributed by atoms with E-state index in [1.54, 1.807) is 12.1 Å². The molecule has 0 saturated carbocycles.